The minimum atomic E-state index is -0.523. The van der Waals surface area contributed by atoms with Crippen LogP contribution < -0.4 is 5.32 Å². The Morgan fingerprint density at radius 2 is 1.76 bits per heavy atom. The van der Waals surface area contributed by atoms with Gasteiger partial charge in [-0.15, -0.1) is 11.8 Å². The number of hydrogen-bond donors (Lipinski definition) is 1. The van der Waals surface area contributed by atoms with E-state index in [9.17, 15) is 9.59 Å². The highest BCUT2D eigenvalue weighted by Crippen LogP contribution is 2.44. The lowest BCUT2D eigenvalue weighted by Gasteiger charge is -2.29. The van der Waals surface area contributed by atoms with Crippen molar-refractivity contribution >= 4 is 23.7 Å². The number of allylic oxidation sites excluding steroid dienone is 1. The summed E-state index contributed by atoms with van der Waals surface area (Å²) in [5, 5.41) is 3.25. The Kier molecular flexibility index (Phi) is 9.51. The molecule has 1 unspecified atom stereocenters. The first-order chi connectivity index (χ1) is 18.0. The van der Waals surface area contributed by atoms with Gasteiger partial charge in [-0.3, -0.25) is 0 Å². The standard InChI is InChI=1S/C31H37NO4S/c1-4-5-6-7-8-11-18-35-30(33)27-22(3)32-25-19-36-31(34)29(25)28(27)24-12-9-10-13-26(24)37-20-23-16-14-21(2)15-17-23/h9-10,12-17,28,32H,4-8,11,18-20H2,1-3H3. The number of ether oxygens (including phenoxy) is 2. The van der Waals surface area contributed by atoms with Crippen molar-refractivity contribution in [1.29, 1.82) is 0 Å². The summed E-state index contributed by atoms with van der Waals surface area (Å²) >= 11 is 1.71. The molecule has 0 bridgehead atoms. The summed E-state index contributed by atoms with van der Waals surface area (Å²) in [6.45, 7) is 6.74. The number of hydrogen-bond acceptors (Lipinski definition) is 6. The van der Waals surface area contributed by atoms with Gasteiger partial charge in [-0.25, -0.2) is 9.59 Å². The maximum absolute atomic E-state index is 13.4. The van der Waals surface area contributed by atoms with Crippen LogP contribution in [0.25, 0.3) is 0 Å². The van der Waals surface area contributed by atoms with Gasteiger partial charge in [0.25, 0.3) is 0 Å². The van der Waals surface area contributed by atoms with Crippen LogP contribution in [-0.2, 0) is 24.8 Å². The Bertz CT molecular complexity index is 1180. The fourth-order valence-corrected chi connectivity index (χ4v) is 5.91. The van der Waals surface area contributed by atoms with Crippen molar-refractivity contribution in [3.05, 3.63) is 87.8 Å². The van der Waals surface area contributed by atoms with Gasteiger partial charge in [0.1, 0.15) is 6.61 Å². The van der Waals surface area contributed by atoms with Gasteiger partial charge in [-0.2, -0.15) is 0 Å². The highest BCUT2D eigenvalue weighted by Gasteiger charge is 2.42. The molecule has 0 amide bonds. The van der Waals surface area contributed by atoms with E-state index in [2.05, 4.69) is 49.5 Å². The molecule has 1 atom stereocenters. The quantitative estimate of drug-likeness (QED) is 0.186. The molecule has 0 radical (unpaired) electrons. The van der Waals surface area contributed by atoms with Gasteiger partial charge in [0.05, 0.1) is 29.4 Å². The molecule has 0 aromatic heterocycles. The van der Waals surface area contributed by atoms with E-state index in [1.807, 2.05) is 25.1 Å². The number of esters is 2. The van der Waals surface area contributed by atoms with Crippen LogP contribution in [0.4, 0.5) is 0 Å². The number of benzene rings is 2. The van der Waals surface area contributed by atoms with Gasteiger partial charge in [-0.1, -0.05) is 87.1 Å². The Morgan fingerprint density at radius 1 is 1.03 bits per heavy atom. The fraction of sp³-hybridized carbons (Fsp3) is 0.419. The number of aryl methyl sites for hydroxylation is 1. The number of rotatable bonds is 12. The molecule has 1 N–H and O–H groups in total. The number of thioether (sulfide) groups is 1. The van der Waals surface area contributed by atoms with E-state index < -0.39 is 5.92 Å². The van der Waals surface area contributed by atoms with Crippen LogP contribution in [0.2, 0.25) is 0 Å². The van der Waals surface area contributed by atoms with Crippen LogP contribution in [0, 0.1) is 6.92 Å². The molecule has 6 heteroatoms. The van der Waals surface area contributed by atoms with Crippen LogP contribution in [0.15, 0.2) is 76.0 Å². The average molecular weight is 520 g/mol. The van der Waals surface area contributed by atoms with Crippen LogP contribution in [0.1, 0.15) is 75.0 Å². The van der Waals surface area contributed by atoms with E-state index in [4.69, 9.17) is 9.47 Å². The Hall–Kier alpha value is -2.99. The maximum atomic E-state index is 13.4. The predicted octanol–water partition coefficient (Wildman–Crippen LogP) is 6.96. The first-order valence-corrected chi connectivity index (χ1v) is 14.3. The zero-order chi connectivity index (χ0) is 26.2. The highest BCUT2D eigenvalue weighted by atomic mass is 32.2. The van der Waals surface area contributed by atoms with Crippen molar-refractivity contribution in [3.8, 4) is 0 Å². The zero-order valence-electron chi connectivity index (χ0n) is 22.1. The molecule has 2 aliphatic heterocycles. The Morgan fingerprint density at radius 3 is 2.54 bits per heavy atom. The molecule has 4 rings (SSSR count). The molecule has 2 aromatic carbocycles. The molecule has 2 aromatic rings. The van der Waals surface area contributed by atoms with E-state index in [0.717, 1.165) is 41.2 Å². The van der Waals surface area contributed by atoms with Gasteiger partial charge in [0.2, 0.25) is 0 Å². The summed E-state index contributed by atoms with van der Waals surface area (Å²) in [5.74, 6) is -0.475. The lowest BCUT2D eigenvalue weighted by atomic mass is 9.81. The normalized spacial score (nSPS) is 16.9. The highest BCUT2D eigenvalue weighted by molar-refractivity contribution is 7.98. The molecular formula is C31H37NO4S. The molecule has 196 valence electrons. The van der Waals surface area contributed by atoms with Crippen LogP contribution in [0.3, 0.4) is 0 Å². The summed E-state index contributed by atoms with van der Waals surface area (Å²) in [6.07, 6.45) is 6.73. The number of carbonyl (C=O) groups excluding carboxylic acids is 2. The summed E-state index contributed by atoms with van der Waals surface area (Å²) in [4.78, 5) is 27.4. The molecule has 0 saturated carbocycles. The van der Waals surface area contributed by atoms with Crippen molar-refractivity contribution < 1.29 is 19.1 Å². The summed E-state index contributed by atoms with van der Waals surface area (Å²) in [7, 11) is 0. The van der Waals surface area contributed by atoms with Crippen molar-refractivity contribution in [1.82, 2.24) is 5.32 Å². The van der Waals surface area contributed by atoms with E-state index in [-0.39, 0.29) is 18.5 Å². The molecular weight excluding hydrogens is 482 g/mol. The first-order valence-electron chi connectivity index (χ1n) is 13.3. The third-order valence-electron chi connectivity index (χ3n) is 6.91. The molecule has 37 heavy (non-hydrogen) atoms. The minimum Gasteiger partial charge on any atom is -0.462 e. The smallest absolute Gasteiger partial charge is 0.337 e. The number of carbonyl (C=O) groups is 2. The zero-order valence-corrected chi connectivity index (χ0v) is 22.9. The minimum absolute atomic E-state index is 0.195. The second-order valence-electron chi connectivity index (χ2n) is 9.78. The average Bonchev–Trinajstić information content (AvgIpc) is 3.27. The van der Waals surface area contributed by atoms with Crippen molar-refractivity contribution in [2.75, 3.05) is 13.2 Å². The van der Waals surface area contributed by atoms with Crippen LogP contribution in [0.5, 0.6) is 0 Å². The first kappa shape index (κ1) is 27.1. The van der Waals surface area contributed by atoms with Gasteiger partial charge < -0.3 is 14.8 Å². The van der Waals surface area contributed by atoms with Gasteiger partial charge in [-0.05, 0) is 37.5 Å². The van der Waals surface area contributed by atoms with E-state index in [0.29, 0.717) is 23.5 Å². The Labute approximate surface area is 224 Å². The van der Waals surface area contributed by atoms with E-state index in [1.165, 1.54) is 30.4 Å². The van der Waals surface area contributed by atoms with Gasteiger partial charge in [0.15, 0.2) is 0 Å². The van der Waals surface area contributed by atoms with Crippen LogP contribution in [-0.4, -0.2) is 25.2 Å². The number of nitrogens with one attached hydrogen (secondary N) is 1. The Balaban J connectivity index is 1.56. The molecule has 0 spiro atoms. The number of unbranched alkanes of at least 4 members (excludes halogenated alkanes) is 5. The second kappa shape index (κ2) is 13.0. The van der Waals surface area contributed by atoms with Crippen LogP contribution >= 0.6 is 11.8 Å². The molecule has 5 nitrogen and oxygen atoms in total. The number of cyclic esters (lactones) is 1. The number of dihydropyridines is 1. The fourth-order valence-electron chi connectivity index (χ4n) is 4.87. The molecule has 0 aliphatic carbocycles. The maximum Gasteiger partial charge on any atom is 0.337 e. The summed E-state index contributed by atoms with van der Waals surface area (Å²) in [5.41, 5.74) is 5.84. The lowest BCUT2D eigenvalue weighted by molar-refractivity contribution is -0.139. The second-order valence-corrected chi connectivity index (χ2v) is 10.8. The predicted molar refractivity (Wildman–Crippen MR) is 148 cm³/mol. The SMILES string of the molecule is CCCCCCCCOC(=O)C1=C(C)NC2=C(C(=O)OC2)C1c1ccccc1SCc1ccc(C)cc1. The third kappa shape index (κ3) is 6.67. The lowest BCUT2D eigenvalue weighted by Crippen LogP contribution is -2.30. The monoisotopic (exact) mass is 519 g/mol. The van der Waals surface area contributed by atoms with E-state index in [1.54, 1.807) is 11.8 Å². The van der Waals surface area contributed by atoms with Crippen molar-refractivity contribution in [2.45, 2.75) is 75.9 Å². The van der Waals surface area contributed by atoms with E-state index >= 15 is 0 Å². The van der Waals surface area contributed by atoms with Crippen molar-refractivity contribution in [2.24, 2.45) is 0 Å². The molecule has 0 fully saturated rings. The molecule has 2 aliphatic rings. The van der Waals surface area contributed by atoms with Gasteiger partial charge >= 0.3 is 11.9 Å². The topological polar surface area (TPSA) is 64.6 Å². The molecule has 2 heterocycles. The van der Waals surface area contributed by atoms with Gasteiger partial charge in [0, 0.05) is 16.3 Å². The largest absolute Gasteiger partial charge is 0.462 e. The molecule has 0 saturated heterocycles. The van der Waals surface area contributed by atoms with Crippen molar-refractivity contribution in [3.63, 3.8) is 0 Å². The summed E-state index contributed by atoms with van der Waals surface area (Å²) in [6, 6.07) is 16.5. The summed E-state index contributed by atoms with van der Waals surface area (Å²) < 4.78 is 11.1. The third-order valence-corrected chi connectivity index (χ3v) is 8.07.